The molecule has 0 N–H and O–H groups in total. The summed E-state index contributed by atoms with van der Waals surface area (Å²) in [7, 11) is 0. The molecule has 0 atom stereocenters. The van der Waals surface area contributed by atoms with E-state index in [-0.39, 0.29) is 5.56 Å². The lowest BCUT2D eigenvalue weighted by Crippen LogP contribution is -2.06. The number of pyridine rings is 1. The first-order chi connectivity index (χ1) is 11.0. The van der Waals surface area contributed by atoms with E-state index in [2.05, 4.69) is 26.3 Å². The Labute approximate surface area is 142 Å². The van der Waals surface area contributed by atoms with Crippen LogP contribution in [0.15, 0.2) is 53.3 Å². The maximum Gasteiger partial charge on any atom is 0.417 e. The minimum Gasteiger partial charge on any atom is -0.453 e. The normalized spacial score (nSPS) is 11.5. The minimum absolute atomic E-state index is 0.0610. The van der Waals surface area contributed by atoms with Gasteiger partial charge in [0.25, 0.3) is 0 Å². The number of aromatic nitrogens is 1. The Morgan fingerprint density at radius 1 is 1.13 bits per heavy atom. The van der Waals surface area contributed by atoms with Crippen LogP contribution in [0.5, 0.6) is 11.5 Å². The molecule has 0 amide bonds. The van der Waals surface area contributed by atoms with Crippen LogP contribution < -0.4 is 4.74 Å². The second-order valence-corrected chi connectivity index (χ2v) is 6.12. The zero-order valence-electron chi connectivity index (χ0n) is 11.4. The molecule has 0 aliphatic heterocycles. The smallest absolute Gasteiger partial charge is 0.417 e. The first-order valence-corrected chi connectivity index (χ1v) is 8.02. The maximum atomic E-state index is 13.2. The molecule has 0 fully saturated rings. The van der Waals surface area contributed by atoms with Crippen LogP contribution in [0.25, 0.3) is 10.4 Å². The van der Waals surface area contributed by atoms with Crippen molar-refractivity contribution in [3.63, 3.8) is 0 Å². The van der Waals surface area contributed by atoms with Gasteiger partial charge in [-0.25, -0.2) is 0 Å². The summed E-state index contributed by atoms with van der Waals surface area (Å²) in [5.41, 5.74) is -0.648. The lowest BCUT2D eigenvalue weighted by atomic mass is 10.1. The van der Waals surface area contributed by atoms with Crippen molar-refractivity contribution >= 4 is 27.3 Å². The Morgan fingerprint density at radius 2 is 1.91 bits per heavy atom. The molecule has 2 nitrogen and oxygen atoms in total. The molecule has 2 heterocycles. The Balaban J connectivity index is 2.09. The zero-order valence-corrected chi connectivity index (χ0v) is 13.8. The lowest BCUT2D eigenvalue weighted by molar-refractivity contribution is -0.137. The van der Waals surface area contributed by atoms with Gasteiger partial charge in [0.15, 0.2) is 5.75 Å². The predicted molar refractivity (Wildman–Crippen MR) is 85.6 cm³/mol. The van der Waals surface area contributed by atoms with Crippen molar-refractivity contribution in [1.82, 2.24) is 4.98 Å². The highest BCUT2D eigenvalue weighted by Gasteiger charge is 2.34. The van der Waals surface area contributed by atoms with Crippen molar-refractivity contribution in [2.24, 2.45) is 0 Å². The van der Waals surface area contributed by atoms with E-state index in [0.29, 0.717) is 20.8 Å². The summed E-state index contributed by atoms with van der Waals surface area (Å²) < 4.78 is 45.9. The third kappa shape index (κ3) is 3.40. The zero-order chi connectivity index (χ0) is 16.4. The second kappa shape index (κ2) is 6.33. The number of halogens is 4. The number of hydrogen-bond acceptors (Lipinski definition) is 3. The van der Waals surface area contributed by atoms with Gasteiger partial charge in [0.1, 0.15) is 5.75 Å². The van der Waals surface area contributed by atoms with Gasteiger partial charge in [-0.15, -0.1) is 11.3 Å². The molecular formula is C16H8BrF3NOS. The van der Waals surface area contributed by atoms with E-state index in [4.69, 9.17) is 4.74 Å². The lowest BCUT2D eigenvalue weighted by Gasteiger charge is -2.13. The molecule has 1 aromatic carbocycles. The molecule has 0 bridgehead atoms. The van der Waals surface area contributed by atoms with Crippen LogP contribution in [-0.2, 0) is 6.18 Å². The monoisotopic (exact) mass is 398 g/mol. The third-order valence-electron chi connectivity index (χ3n) is 2.98. The molecule has 117 valence electrons. The van der Waals surface area contributed by atoms with E-state index in [9.17, 15) is 13.2 Å². The van der Waals surface area contributed by atoms with Gasteiger partial charge in [0.05, 0.1) is 26.5 Å². The third-order valence-corrected chi connectivity index (χ3v) is 4.72. The summed E-state index contributed by atoms with van der Waals surface area (Å²) in [6.07, 6.45) is -1.37. The SMILES string of the molecule is FC(F)(F)c1ccccc1-c1s[c]c(Br)c1Oc1cccnc1. The Kier molecular flexibility index (Phi) is 4.41. The largest absolute Gasteiger partial charge is 0.453 e. The highest BCUT2D eigenvalue weighted by atomic mass is 79.9. The fourth-order valence-electron chi connectivity index (χ4n) is 2.01. The maximum absolute atomic E-state index is 13.2. The number of hydrogen-bond donors (Lipinski definition) is 0. The molecule has 0 aliphatic rings. The predicted octanol–water partition coefficient (Wildman–Crippen LogP) is 6.18. The first kappa shape index (κ1) is 16.0. The Morgan fingerprint density at radius 3 is 2.61 bits per heavy atom. The van der Waals surface area contributed by atoms with Crippen LogP contribution >= 0.6 is 27.3 Å². The summed E-state index contributed by atoms with van der Waals surface area (Å²) in [4.78, 5) is 4.28. The molecule has 3 rings (SSSR count). The second-order valence-electron chi connectivity index (χ2n) is 4.51. The van der Waals surface area contributed by atoms with Gasteiger partial charge in [-0.3, -0.25) is 4.98 Å². The molecule has 0 aliphatic carbocycles. The summed E-state index contributed by atoms with van der Waals surface area (Å²) in [6.45, 7) is 0. The van der Waals surface area contributed by atoms with Crippen LogP contribution in [0.4, 0.5) is 13.2 Å². The molecule has 3 aromatic rings. The minimum atomic E-state index is -4.45. The summed E-state index contributed by atoms with van der Waals surface area (Å²) in [5.74, 6) is 0.727. The number of nitrogens with zero attached hydrogens (tertiary/aromatic N) is 1. The van der Waals surface area contributed by atoms with Gasteiger partial charge in [0.2, 0.25) is 0 Å². The summed E-state index contributed by atoms with van der Waals surface area (Å²) >= 11 is 4.34. The van der Waals surface area contributed by atoms with Crippen LogP contribution in [0.2, 0.25) is 0 Å². The molecule has 0 saturated heterocycles. The van der Waals surface area contributed by atoms with Gasteiger partial charge >= 0.3 is 6.18 Å². The summed E-state index contributed by atoms with van der Waals surface area (Å²) in [6, 6.07) is 8.76. The van der Waals surface area contributed by atoms with E-state index in [1.165, 1.54) is 18.3 Å². The molecule has 1 radical (unpaired) electrons. The number of thiophene rings is 1. The van der Waals surface area contributed by atoms with Crippen molar-refractivity contribution in [3.05, 3.63) is 64.2 Å². The van der Waals surface area contributed by atoms with E-state index >= 15 is 0 Å². The number of benzene rings is 1. The topological polar surface area (TPSA) is 22.1 Å². The fourth-order valence-corrected chi connectivity index (χ4v) is 3.47. The van der Waals surface area contributed by atoms with E-state index in [1.54, 1.807) is 24.4 Å². The van der Waals surface area contributed by atoms with Gasteiger partial charge in [-0.2, -0.15) is 13.2 Å². The van der Waals surface area contributed by atoms with E-state index < -0.39 is 11.7 Å². The quantitative estimate of drug-likeness (QED) is 0.525. The van der Waals surface area contributed by atoms with Gasteiger partial charge < -0.3 is 4.74 Å². The Bertz CT molecular complexity index is 818. The van der Waals surface area contributed by atoms with Crippen LogP contribution in [0.3, 0.4) is 0 Å². The standard InChI is InChI=1S/C16H8BrF3NOS/c17-13-9-23-15(14(13)22-10-4-3-7-21-8-10)11-5-1-2-6-12(11)16(18,19)20/h1-8H. The molecule has 0 spiro atoms. The highest BCUT2D eigenvalue weighted by molar-refractivity contribution is 9.10. The van der Waals surface area contributed by atoms with Crippen LogP contribution in [0, 0.1) is 5.38 Å². The molecule has 23 heavy (non-hydrogen) atoms. The number of rotatable bonds is 3. The Hall–Kier alpha value is -1.86. The van der Waals surface area contributed by atoms with E-state index in [1.807, 2.05) is 0 Å². The van der Waals surface area contributed by atoms with Crippen molar-refractivity contribution in [1.29, 1.82) is 0 Å². The molecule has 0 unspecified atom stereocenters. The molecular weight excluding hydrogens is 391 g/mol. The van der Waals surface area contributed by atoms with Crippen molar-refractivity contribution < 1.29 is 17.9 Å². The number of alkyl halides is 3. The van der Waals surface area contributed by atoms with Crippen molar-refractivity contribution in [2.75, 3.05) is 0 Å². The molecule has 7 heteroatoms. The average Bonchev–Trinajstić information content (AvgIpc) is 2.89. The van der Waals surface area contributed by atoms with Gasteiger partial charge in [-0.1, -0.05) is 18.2 Å². The van der Waals surface area contributed by atoms with Crippen molar-refractivity contribution in [2.45, 2.75) is 6.18 Å². The summed E-state index contributed by atoms with van der Waals surface area (Å²) in [5, 5.41) is 2.88. The molecule has 2 aromatic heterocycles. The van der Waals surface area contributed by atoms with Crippen molar-refractivity contribution in [3.8, 4) is 21.9 Å². The van der Waals surface area contributed by atoms with Crippen LogP contribution in [0.1, 0.15) is 5.56 Å². The van der Waals surface area contributed by atoms with E-state index in [0.717, 1.165) is 17.4 Å². The number of ether oxygens (including phenoxy) is 1. The molecule has 0 saturated carbocycles. The fraction of sp³-hybridized carbons (Fsp3) is 0.0625. The van der Waals surface area contributed by atoms with Crippen LogP contribution in [-0.4, -0.2) is 4.98 Å². The van der Waals surface area contributed by atoms with Gasteiger partial charge in [-0.05, 0) is 34.1 Å². The first-order valence-electron chi connectivity index (χ1n) is 6.41. The van der Waals surface area contributed by atoms with Gasteiger partial charge in [0, 0.05) is 11.8 Å². The highest BCUT2D eigenvalue weighted by Crippen LogP contribution is 2.47. The average molecular weight is 399 g/mol.